The molecule has 0 radical (unpaired) electrons. The van der Waals surface area contributed by atoms with Crippen LogP contribution in [0.15, 0.2) is 36.4 Å². The van der Waals surface area contributed by atoms with Gasteiger partial charge in [0, 0.05) is 6.42 Å². The molecule has 0 bridgehead atoms. The van der Waals surface area contributed by atoms with Gasteiger partial charge in [0.2, 0.25) is 0 Å². The molecule has 0 spiro atoms. The highest BCUT2D eigenvalue weighted by Gasteiger charge is 2.04. The van der Waals surface area contributed by atoms with Crippen LogP contribution in [-0.2, 0) is 4.74 Å². The van der Waals surface area contributed by atoms with Crippen LogP contribution < -0.4 is 4.74 Å². The maximum absolute atomic E-state index is 11.2. The molecule has 0 N–H and O–H groups in total. The standard InChI is InChI=1S/C13H16O3/c1-10(2)8-9-16-12-6-4-11(5-7-12)13(14)15-3/h4-7H,1,8-9H2,2-3H3. The van der Waals surface area contributed by atoms with Crippen molar-refractivity contribution in [2.75, 3.05) is 13.7 Å². The molecule has 0 aliphatic carbocycles. The molecule has 0 atom stereocenters. The lowest BCUT2D eigenvalue weighted by Gasteiger charge is -2.06. The molecule has 3 nitrogen and oxygen atoms in total. The lowest BCUT2D eigenvalue weighted by atomic mass is 10.2. The van der Waals surface area contributed by atoms with Crippen molar-refractivity contribution in [2.24, 2.45) is 0 Å². The Morgan fingerprint density at radius 2 is 1.94 bits per heavy atom. The summed E-state index contributed by atoms with van der Waals surface area (Å²) in [7, 11) is 1.36. The minimum atomic E-state index is -0.339. The van der Waals surface area contributed by atoms with Crippen LogP contribution in [-0.4, -0.2) is 19.7 Å². The minimum Gasteiger partial charge on any atom is -0.493 e. The fraction of sp³-hybridized carbons (Fsp3) is 0.308. The first kappa shape index (κ1) is 12.3. The Hall–Kier alpha value is -1.77. The second-order valence-corrected chi connectivity index (χ2v) is 3.57. The van der Waals surface area contributed by atoms with E-state index in [2.05, 4.69) is 11.3 Å². The van der Waals surface area contributed by atoms with E-state index in [1.807, 2.05) is 6.92 Å². The zero-order valence-corrected chi connectivity index (χ0v) is 9.66. The molecule has 0 aliphatic heterocycles. The van der Waals surface area contributed by atoms with Gasteiger partial charge < -0.3 is 9.47 Å². The van der Waals surface area contributed by atoms with Crippen molar-refractivity contribution in [3.8, 4) is 5.75 Å². The molecule has 1 aromatic rings. The van der Waals surface area contributed by atoms with Crippen molar-refractivity contribution in [1.29, 1.82) is 0 Å². The van der Waals surface area contributed by atoms with Crippen LogP contribution in [0, 0.1) is 0 Å². The second-order valence-electron chi connectivity index (χ2n) is 3.57. The fourth-order valence-corrected chi connectivity index (χ4v) is 1.15. The number of hydrogen-bond acceptors (Lipinski definition) is 3. The normalized spacial score (nSPS) is 9.62. The van der Waals surface area contributed by atoms with Crippen molar-refractivity contribution in [2.45, 2.75) is 13.3 Å². The Labute approximate surface area is 95.7 Å². The predicted octanol–water partition coefficient (Wildman–Crippen LogP) is 2.82. The van der Waals surface area contributed by atoms with Gasteiger partial charge in [-0.25, -0.2) is 4.79 Å². The van der Waals surface area contributed by atoms with Gasteiger partial charge in [0.25, 0.3) is 0 Å². The Morgan fingerprint density at radius 1 is 1.31 bits per heavy atom. The first-order chi connectivity index (χ1) is 7.63. The Kier molecular flexibility index (Phi) is 4.58. The number of methoxy groups -OCH3 is 1. The molecule has 1 rings (SSSR count). The average molecular weight is 220 g/mol. The average Bonchev–Trinajstić information content (AvgIpc) is 2.28. The smallest absolute Gasteiger partial charge is 0.337 e. The Morgan fingerprint density at radius 3 is 2.44 bits per heavy atom. The molecule has 16 heavy (non-hydrogen) atoms. The molecule has 3 heteroatoms. The lowest BCUT2D eigenvalue weighted by Crippen LogP contribution is -2.01. The molecule has 86 valence electrons. The molecule has 0 aromatic heterocycles. The molecule has 0 saturated carbocycles. The number of esters is 1. The summed E-state index contributed by atoms with van der Waals surface area (Å²) < 4.78 is 10.1. The number of carbonyl (C=O) groups is 1. The summed E-state index contributed by atoms with van der Waals surface area (Å²) in [6.45, 7) is 6.36. The minimum absolute atomic E-state index is 0.339. The monoisotopic (exact) mass is 220 g/mol. The van der Waals surface area contributed by atoms with Gasteiger partial charge in [-0.2, -0.15) is 0 Å². The van der Waals surface area contributed by atoms with Crippen molar-refractivity contribution in [3.05, 3.63) is 42.0 Å². The highest BCUT2D eigenvalue weighted by Crippen LogP contribution is 2.13. The summed E-state index contributed by atoms with van der Waals surface area (Å²) >= 11 is 0. The number of hydrogen-bond donors (Lipinski definition) is 0. The fourth-order valence-electron chi connectivity index (χ4n) is 1.15. The van der Waals surface area contributed by atoms with Crippen LogP contribution in [0.2, 0.25) is 0 Å². The van der Waals surface area contributed by atoms with Gasteiger partial charge in [0.15, 0.2) is 0 Å². The summed E-state index contributed by atoms with van der Waals surface area (Å²) in [6.07, 6.45) is 0.832. The van der Waals surface area contributed by atoms with E-state index in [0.29, 0.717) is 12.2 Å². The summed E-state index contributed by atoms with van der Waals surface area (Å²) in [5.41, 5.74) is 1.61. The van der Waals surface area contributed by atoms with Crippen molar-refractivity contribution in [3.63, 3.8) is 0 Å². The van der Waals surface area contributed by atoms with Gasteiger partial charge in [-0.1, -0.05) is 5.57 Å². The Balaban J connectivity index is 2.51. The van der Waals surface area contributed by atoms with E-state index in [-0.39, 0.29) is 5.97 Å². The van der Waals surface area contributed by atoms with Gasteiger partial charge in [0.05, 0.1) is 19.3 Å². The largest absolute Gasteiger partial charge is 0.493 e. The van der Waals surface area contributed by atoms with Crippen molar-refractivity contribution in [1.82, 2.24) is 0 Å². The Bertz CT molecular complexity index is 365. The van der Waals surface area contributed by atoms with Gasteiger partial charge in [-0.15, -0.1) is 6.58 Å². The highest BCUT2D eigenvalue weighted by atomic mass is 16.5. The maximum atomic E-state index is 11.2. The molecule has 1 aromatic carbocycles. The van der Waals surface area contributed by atoms with Crippen molar-refractivity contribution >= 4 is 5.97 Å². The van der Waals surface area contributed by atoms with Crippen LogP contribution in [0.25, 0.3) is 0 Å². The van der Waals surface area contributed by atoms with E-state index in [9.17, 15) is 4.79 Å². The first-order valence-corrected chi connectivity index (χ1v) is 5.09. The van der Waals surface area contributed by atoms with Crippen LogP contribution in [0.3, 0.4) is 0 Å². The van der Waals surface area contributed by atoms with Gasteiger partial charge in [0.1, 0.15) is 5.75 Å². The molecule has 0 heterocycles. The number of rotatable bonds is 5. The highest BCUT2D eigenvalue weighted by molar-refractivity contribution is 5.89. The molecular weight excluding hydrogens is 204 g/mol. The zero-order chi connectivity index (χ0) is 12.0. The quantitative estimate of drug-likeness (QED) is 0.565. The number of carbonyl (C=O) groups excluding carboxylic acids is 1. The lowest BCUT2D eigenvalue weighted by molar-refractivity contribution is 0.0600. The topological polar surface area (TPSA) is 35.5 Å². The van der Waals surface area contributed by atoms with E-state index in [1.165, 1.54) is 7.11 Å². The van der Waals surface area contributed by atoms with Crippen LogP contribution in [0.1, 0.15) is 23.7 Å². The predicted molar refractivity (Wildman–Crippen MR) is 62.7 cm³/mol. The van der Waals surface area contributed by atoms with Crippen LogP contribution in [0.5, 0.6) is 5.75 Å². The van der Waals surface area contributed by atoms with Crippen molar-refractivity contribution < 1.29 is 14.3 Å². The molecule has 0 fully saturated rings. The number of ether oxygens (including phenoxy) is 2. The van der Waals surface area contributed by atoms with Gasteiger partial charge in [-0.3, -0.25) is 0 Å². The summed E-state index contributed by atoms with van der Waals surface area (Å²) in [5, 5.41) is 0. The molecule has 0 aliphatic rings. The first-order valence-electron chi connectivity index (χ1n) is 5.09. The van der Waals surface area contributed by atoms with Gasteiger partial charge in [-0.05, 0) is 31.2 Å². The second kappa shape index (κ2) is 5.95. The number of benzene rings is 1. The summed E-state index contributed by atoms with van der Waals surface area (Å²) in [6, 6.07) is 6.87. The van der Waals surface area contributed by atoms with Gasteiger partial charge >= 0.3 is 5.97 Å². The third-order valence-electron chi connectivity index (χ3n) is 2.07. The SMILES string of the molecule is C=C(C)CCOc1ccc(C(=O)OC)cc1. The maximum Gasteiger partial charge on any atom is 0.337 e. The van der Waals surface area contributed by atoms with E-state index in [1.54, 1.807) is 24.3 Å². The molecule has 0 amide bonds. The molecule has 0 saturated heterocycles. The molecular formula is C13H16O3. The summed E-state index contributed by atoms with van der Waals surface area (Å²) in [5.74, 6) is 0.405. The summed E-state index contributed by atoms with van der Waals surface area (Å²) in [4.78, 5) is 11.2. The van der Waals surface area contributed by atoms with Crippen LogP contribution >= 0.6 is 0 Å². The van der Waals surface area contributed by atoms with E-state index >= 15 is 0 Å². The molecule has 0 unspecified atom stereocenters. The van der Waals surface area contributed by atoms with E-state index in [4.69, 9.17) is 4.74 Å². The third kappa shape index (κ3) is 3.77. The van der Waals surface area contributed by atoms with Crippen LogP contribution in [0.4, 0.5) is 0 Å². The van der Waals surface area contributed by atoms with E-state index < -0.39 is 0 Å². The van der Waals surface area contributed by atoms with E-state index in [0.717, 1.165) is 17.7 Å². The third-order valence-corrected chi connectivity index (χ3v) is 2.07. The zero-order valence-electron chi connectivity index (χ0n) is 9.66.